The van der Waals surface area contributed by atoms with E-state index in [1.54, 1.807) is 0 Å². The van der Waals surface area contributed by atoms with Crippen LogP contribution >= 0.6 is 0 Å². The predicted octanol–water partition coefficient (Wildman–Crippen LogP) is 2.22. The molecule has 1 N–H and O–H groups in total. The number of carbonyl (C=O) groups is 3. The summed E-state index contributed by atoms with van der Waals surface area (Å²) in [6.07, 6.45) is 1.14. The van der Waals surface area contributed by atoms with E-state index < -0.39 is 17.6 Å². The highest BCUT2D eigenvalue weighted by Gasteiger charge is 2.38. The molecule has 1 atom stereocenters. The summed E-state index contributed by atoms with van der Waals surface area (Å²) in [5.41, 5.74) is -0.111. The average molecular weight is 281 g/mol. The number of aliphatic hydroxyl groups is 1. The molecule has 0 aromatic rings. The number of hydrogen-bond acceptors (Lipinski definition) is 4. The third-order valence-electron chi connectivity index (χ3n) is 3.21. The van der Waals surface area contributed by atoms with Gasteiger partial charge < -0.3 is 5.11 Å². The van der Waals surface area contributed by atoms with Gasteiger partial charge in [-0.05, 0) is 17.8 Å². The molecule has 1 saturated heterocycles. The number of hydrogen-bond donors (Lipinski definition) is 1. The van der Waals surface area contributed by atoms with E-state index in [4.69, 9.17) is 0 Å². The highest BCUT2D eigenvalue weighted by atomic mass is 16.3. The molecule has 2 amide bonds. The molecule has 1 heterocycles. The number of aliphatic hydroxyl groups excluding tert-OH is 1. The van der Waals surface area contributed by atoms with Crippen LogP contribution < -0.4 is 0 Å². The summed E-state index contributed by atoms with van der Waals surface area (Å²) in [7, 11) is 0. The Morgan fingerprint density at radius 2 is 1.90 bits per heavy atom. The Kier molecular flexibility index (Phi) is 4.73. The summed E-state index contributed by atoms with van der Waals surface area (Å²) in [5, 5.41) is 10.1. The van der Waals surface area contributed by atoms with Crippen molar-refractivity contribution in [3.8, 4) is 0 Å². The average Bonchev–Trinajstić information content (AvgIpc) is 2.50. The molecule has 112 valence electrons. The van der Waals surface area contributed by atoms with E-state index in [1.165, 1.54) is 6.92 Å². The van der Waals surface area contributed by atoms with Gasteiger partial charge in [0.15, 0.2) is 5.78 Å². The van der Waals surface area contributed by atoms with E-state index in [2.05, 4.69) is 20.8 Å². The van der Waals surface area contributed by atoms with Gasteiger partial charge in [-0.1, -0.05) is 27.7 Å². The lowest BCUT2D eigenvalue weighted by molar-refractivity contribution is -0.139. The van der Waals surface area contributed by atoms with E-state index >= 15 is 0 Å². The van der Waals surface area contributed by atoms with Crippen LogP contribution in [0.5, 0.6) is 0 Å². The number of Topliss-reactive ketones (excluding diaryl/α,β-unsaturated/α-hetero) is 1. The summed E-state index contributed by atoms with van der Waals surface area (Å²) in [4.78, 5) is 35.8. The molecule has 1 unspecified atom stereocenters. The SMILES string of the molecule is CC(=O)N1CC(=O)/C(=C(/O)CC(C)CC(C)(C)C)C1=O. The highest BCUT2D eigenvalue weighted by Crippen LogP contribution is 2.29. The van der Waals surface area contributed by atoms with Gasteiger partial charge in [0.2, 0.25) is 5.91 Å². The van der Waals surface area contributed by atoms with Crippen LogP contribution in [0.4, 0.5) is 0 Å². The summed E-state index contributed by atoms with van der Waals surface area (Å²) in [6, 6.07) is 0. The summed E-state index contributed by atoms with van der Waals surface area (Å²) in [6.45, 7) is 9.22. The maximum Gasteiger partial charge on any atom is 0.267 e. The molecule has 1 rings (SSSR count). The fraction of sp³-hybridized carbons (Fsp3) is 0.667. The Bertz CT molecular complexity index is 471. The first kappa shape index (κ1) is 16.4. The van der Waals surface area contributed by atoms with Crippen LogP contribution in [-0.4, -0.2) is 34.1 Å². The van der Waals surface area contributed by atoms with Gasteiger partial charge in [-0.15, -0.1) is 0 Å². The van der Waals surface area contributed by atoms with Crippen molar-refractivity contribution in [2.75, 3.05) is 6.54 Å². The molecule has 0 aliphatic carbocycles. The van der Waals surface area contributed by atoms with Crippen LogP contribution in [0.2, 0.25) is 0 Å². The smallest absolute Gasteiger partial charge is 0.267 e. The van der Waals surface area contributed by atoms with Gasteiger partial charge in [-0.3, -0.25) is 19.3 Å². The Morgan fingerprint density at radius 3 is 2.30 bits per heavy atom. The number of amides is 2. The zero-order valence-corrected chi connectivity index (χ0v) is 12.8. The van der Waals surface area contributed by atoms with Gasteiger partial charge in [-0.2, -0.15) is 0 Å². The highest BCUT2D eigenvalue weighted by molar-refractivity contribution is 6.28. The van der Waals surface area contributed by atoms with Gasteiger partial charge in [0.05, 0.1) is 6.54 Å². The molecule has 1 aliphatic heterocycles. The van der Waals surface area contributed by atoms with Crippen LogP contribution in [0, 0.1) is 11.3 Å². The first-order chi connectivity index (χ1) is 9.03. The van der Waals surface area contributed by atoms with Crippen LogP contribution in [0.25, 0.3) is 0 Å². The molecule has 5 nitrogen and oxygen atoms in total. The minimum Gasteiger partial charge on any atom is -0.511 e. The maximum absolute atomic E-state index is 11.9. The van der Waals surface area contributed by atoms with Crippen LogP contribution in [0.3, 0.4) is 0 Å². The normalized spacial score (nSPS) is 20.4. The molecule has 1 fully saturated rings. The predicted molar refractivity (Wildman–Crippen MR) is 74.9 cm³/mol. The van der Waals surface area contributed by atoms with Crippen molar-refractivity contribution in [3.05, 3.63) is 11.3 Å². The number of ketones is 1. The summed E-state index contributed by atoms with van der Waals surface area (Å²) >= 11 is 0. The van der Waals surface area contributed by atoms with Crippen molar-refractivity contribution in [2.24, 2.45) is 11.3 Å². The number of carbonyl (C=O) groups excluding carboxylic acids is 3. The van der Waals surface area contributed by atoms with Crippen LogP contribution in [-0.2, 0) is 14.4 Å². The number of rotatable bonds is 3. The van der Waals surface area contributed by atoms with Crippen molar-refractivity contribution in [1.29, 1.82) is 0 Å². The van der Waals surface area contributed by atoms with Gasteiger partial charge >= 0.3 is 0 Å². The molecule has 0 radical (unpaired) electrons. The lowest BCUT2D eigenvalue weighted by Crippen LogP contribution is -2.30. The van der Waals surface area contributed by atoms with Crippen LogP contribution in [0.1, 0.15) is 47.5 Å². The number of likely N-dealkylation sites (tertiary alicyclic amines) is 1. The molecular weight excluding hydrogens is 258 g/mol. The fourth-order valence-corrected chi connectivity index (χ4v) is 2.64. The second-order valence-corrected chi connectivity index (χ2v) is 6.73. The largest absolute Gasteiger partial charge is 0.511 e. The van der Waals surface area contributed by atoms with Gasteiger partial charge in [0, 0.05) is 13.3 Å². The number of imide groups is 1. The van der Waals surface area contributed by atoms with Crippen LogP contribution in [0.15, 0.2) is 11.3 Å². The van der Waals surface area contributed by atoms with Crippen molar-refractivity contribution in [3.63, 3.8) is 0 Å². The Labute approximate surface area is 119 Å². The minimum atomic E-state index is -0.678. The lowest BCUT2D eigenvalue weighted by atomic mass is 9.83. The molecule has 20 heavy (non-hydrogen) atoms. The maximum atomic E-state index is 11.9. The second-order valence-electron chi connectivity index (χ2n) is 6.73. The van der Waals surface area contributed by atoms with E-state index in [0.29, 0.717) is 0 Å². The fourth-order valence-electron chi connectivity index (χ4n) is 2.64. The molecule has 5 heteroatoms. The summed E-state index contributed by atoms with van der Waals surface area (Å²) < 4.78 is 0. The number of allylic oxidation sites excluding steroid dienone is 1. The molecule has 1 aliphatic rings. The standard InChI is InChI=1S/C15H23NO4/c1-9(7-15(3,4)5)6-11(18)13-12(19)8-16(10(2)17)14(13)20/h9,18H,6-8H2,1-5H3/b13-11-. The first-order valence-electron chi connectivity index (χ1n) is 6.80. The quantitative estimate of drug-likeness (QED) is 0.489. The van der Waals surface area contributed by atoms with Gasteiger partial charge in [0.25, 0.3) is 5.91 Å². The third kappa shape index (κ3) is 3.92. The third-order valence-corrected chi connectivity index (χ3v) is 3.21. The van der Waals surface area contributed by atoms with E-state index in [1.807, 2.05) is 6.92 Å². The first-order valence-corrected chi connectivity index (χ1v) is 6.80. The van der Waals surface area contributed by atoms with E-state index in [-0.39, 0.29) is 35.6 Å². The lowest BCUT2D eigenvalue weighted by Gasteiger charge is -2.23. The second kappa shape index (κ2) is 5.77. The van der Waals surface area contributed by atoms with Gasteiger partial charge in [-0.25, -0.2) is 0 Å². The Hall–Kier alpha value is -1.65. The zero-order valence-electron chi connectivity index (χ0n) is 12.8. The molecule has 0 saturated carbocycles. The topological polar surface area (TPSA) is 74.7 Å². The number of nitrogens with zero attached hydrogens (tertiary/aromatic N) is 1. The van der Waals surface area contributed by atoms with E-state index in [9.17, 15) is 19.5 Å². The molecule has 0 bridgehead atoms. The molecule has 0 aromatic carbocycles. The molecular formula is C15H23NO4. The molecule has 0 aromatic heterocycles. The minimum absolute atomic E-state index is 0.111. The Balaban J connectivity index is 2.88. The van der Waals surface area contributed by atoms with Crippen molar-refractivity contribution >= 4 is 17.6 Å². The van der Waals surface area contributed by atoms with E-state index in [0.717, 1.165) is 11.3 Å². The van der Waals surface area contributed by atoms with Crippen molar-refractivity contribution in [2.45, 2.75) is 47.5 Å². The zero-order chi connectivity index (χ0) is 15.7. The van der Waals surface area contributed by atoms with Gasteiger partial charge in [0.1, 0.15) is 11.3 Å². The van der Waals surface area contributed by atoms with Crippen molar-refractivity contribution in [1.82, 2.24) is 4.90 Å². The Morgan fingerprint density at radius 1 is 1.35 bits per heavy atom. The summed E-state index contributed by atoms with van der Waals surface area (Å²) in [5.74, 6) is -1.68. The monoisotopic (exact) mass is 281 g/mol. The molecule has 0 spiro atoms. The van der Waals surface area contributed by atoms with Crippen molar-refractivity contribution < 1.29 is 19.5 Å².